The molecule has 3 nitrogen and oxygen atoms in total. The molecule has 0 bridgehead atoms. The highest BCUT2D eigenvalue weighted by Crippen LogP contribution is 2.46. The summed E-state index contributed by atoms with van der Waals surface area (Å²) in [7, 11) is 0. The van der Waals surface area contributed by atoms with Crippen LogP contribution in [0.4, 0.5) is 5.82 Å². The first-order valence-electron chi connectivity index (χ1n) is 7.25. The van der Waals surface area contributed by atoms with Crippen molar-refractivity contribution in [2.75, 3.05) is 17.7 Å². The van der Waals surface area contributed by atoms with Crippen molar-refractivity contribution in [2.45, 2.75) is 38.0 Å². The summed E-state index contributed by atoms with van der Waals surface area (Å²) in [5.74, 6) is 1.65. The maximum absolute atomic E-state index is 12.6. The Bertz CT molecular complexity index is 502. The zero-order valence-corrected chi connectivity index (χ0v) is 13.2. The molecule has 3 atom stereocenters. The Kier molecular flexibility index (Phi) is 3.53. The van der Waals surface area contributed by atoms with Crippen molar-refractivity contribution in [2.24, 2.45) is 11.3 Å². The van der Waals surface area contributed by atoms with Crippen LogP contribution in [-0.4, -0.2) is 34.9 Å². The largest absolute Gasteiger partial charge is 0.352 e. The van der Waals surface area contributed by atoms with Crippen molar-refractivity contribution in [1.82, 2.24) is 4.98 Å². The molecule has 108 valence electrons. The molecule has 1 aliphatic heterocycles. The van der Waals surface area contributed by atoms with Crippen molar-refractivity contribution in [3.63, 3.8) is 0 Å². The van der Waals surface area contributed by atoms with E-state index in [1.54, 1.807) is 0 Å². The fourth-order valence-electron chi connectivity index (χ4n) is 3.78. The number of aromatic nitrogens is 1. The summed E-state index contributed by atoms with van der Waals surface area (Å²) >= 11 is 1.83. The molecule has 2 aliphatic rings. The molecule has 3 unspecified atom stereocenters. The molecule has 1 aliphatic carbocycles. The quantitative estimate of drug-likeness (QED) is 0.838. The number of rotatable bonds is 2. The highest BCUT2D eigenvalue weighted by atomic mass is 32.2. The molecule has 0 amide bonds. The summed E-state index contributed by atoms with van der Waals surface area (Å²) in [5, 5.41) is 0.408. The number of carbonyl (C=O) groups is 1. The lowest BCUT2D eigenvalue weighted by molar-refractivity contribution is -0.127. The molecule has 0 spiro atoms. The van der Waals surface area contributed by atoms with Gasteiger partial charge in [0.15, 0.2) is 0 Å². The van der Waals surface area contributed by atoms with Crippen LogP contribution in [0.5, 0.6) is 0 Å². The molecular weight excluding hydrogens is 268 g/mol. The highest BCUT2D eigenvalue weighted by molar-refractivity contribution is 7.99. The zero-order chi connectivity index (χ0) is 14.3. The number of anilines is 1. The van der Waals surface area contributed by atoms with Gasteiger partial charge in [0.25, 0.3) is 0 Å². The SMILES string of the molecule is CSC1CN(c2ccccn2)C2CC(C)(C)CC(=O)C12. The number of pyridine rings is 1. The Morgan fingerprint density at radius 1 is 1.40 bits per heavy atom. The minimum Gasteiger partial charge on any atom is -0.352 e. The number of nitrogens with zero attached hydrogens (tertiary/aromatic N) is 2. The maximum Gasteiger partial charge on any atom is 0.139 e. The molecule has 1 saturated heterocycles. The van der Waals surface area contributed by atoms with E-state index in [-0.39, 0.29) is 11.3 Å². The third-order valence-electron chi connectivity index (χ3n) is 4.62. The van der Waals surface area contributed by atoms with Crippen molar-refractivity contribution in [3.05, 3.63) is 24.4 Å². The summed E-state index contributed by atoms with van der Waals surface area (Å²) in [6.07, 6.45) is 5.77. The summed E-state index contributed by atoms with van der Waals surface area (Å²) in [5.41, 5.74) is 0.110. The number of carbonyl (C=O) groups excluding carboxylic acids is 1. The molecule has 2 heterocycles. The van der Waals surface area contributed by atoms with Crippen molar-refractivity contribution >= 4 is 23.4 Å². The first-order valence-corrected chi connectivity index (χ1v) is 8.54. The van der Waals surface area contributed by atoms with Gasteiger partial charge in [-0.3, -0.25) is 4.79 Å². The Labute approximate surface area is 125 Å². The molecule has 1 aromatic rings. The summed E-state index contributed by atoms with van der Waals surface area (Å²) in [6.45, 7) is 5.36. The van der Waals surface area contributed by atoms with Gasteiger partial charge in [-0.1, -0.05) is 19.9 Å². The monoisotopic (exact) mass is 290 g/mol. The second kappa shape index (κ2) is 5.06. The second-order valence-electron chi connectivity index (χ2n) is 6.72. The molecule has 3 rings (SSSR count). The van der Waals surface area contributed by atoms with Gasteiger partial charge in [-0.05, 0) is 30.2 Å². The Hall–Kier alpha value is -1.03. The van der Waals surface area contributed by atoms with Crippen LogP contribution in [0.15, 0.2) is 24.4 Å². The second-order valence-corrected chi connectivity index (χ2v) is 7.80. The lowest BCUT2D eigenvalue weighted by Gasteiger charge is -2.40. The number of hydrogen-bond donors (Lipinski definition) is 0. The Balaban J connectivity index is 1.95. The normalized spacial score (nSPS) is 32.2. The van der Waals surface area contributed by atoms with Crippen LogP contribution in [0.3, 0.4) is 0 Å². The van der Waals surface area contributed by atoms with Gasteiger partial charge in [0.05, 0.1) is 5.92 Å². The number of thioether (sulfide) groups is 1. The maximum atomic E-state index is 12.6. The van der Waals surface area contributed by atoms with E-state index < -0.39 is 0 Å². The van der Waals surface area contributed by atoms with Gasteiger partial charge >= 0.3 is 0 Å². The van der Waals surface area contributed by atoms with Crippen LogP contribution in [0, 0.1) is 11.3 Å². The topological polar surface area (TPSA) is 33.2 Å². The van der Waals surface area contributed by atoms with Crippen LogP contribution >= 0.6 is 11.8 Å². The van der Waals surface area contributed by atoms with Crippen molar-refractivity contribution < 1.29 is 4.79 Å². The molecule has 4 heteroatoms. The Morgan fingerprint density at radius 2 is 2.20 bits per heavy atom. The third-order valence-corrected chi connectivity index (χ3v) is 5.67. The molecule has 20 heavy (non-hydrogen) atoms. The van der Waals surface area contributed by atoms with E-state index in [4.69, 9.17) is 0 Å². The predicted octanol–water partition coefficient (Wildman–Crippen LogP) is 3.01. The molecule has 1 saturated carbocycles. The number of fused-ring (bicyclic) bond motifs is 1. The van der Waals surface area contributed by atoms with E-state index in [9.17, 15) is 4.79 Å². The van der Waals surface area contributed by atoms with E-state index in [2.05, 4.69) is 36.1 Å². The molecule has 2 fully saturated rings. The van der Waals surface area contributed by atoms with Gasteiger partial charge in [-0.15, -0.1) is 0 Å². The average Bonchev–Trinajstić information content (AvgIpc) is 2.77. The number of Topliss-reactive ketones (excluding diaryl/α,β-unsaturated/α-hetero) is 1. The van der Waals surface area contributed by atoms with Gasteiger partial charge in [0, 0.05) is 30.5 Å². The van der Waals surface area contributed by atoms with Gasteiger partial charge in [-0.25, -0.2) is 4.98 Å². The van der Waals surface area contributed by atoms with Gasteiger partial charge in [0.2, 0.25) is 0 Å². The summed E-state index contributed by atoms with van der Waals surface area (Å²) in [6, 6.07) is 6.35. The van der Waals surface area contributed by atoms with E-state index in [1.165, 1.54) is 0 Å². The number of hydrogen-bond acceptors (Lipinski definition) is 4. The van der Waals surface area contributed by atoms with Gasteiger partial charge in [0.1, 0.15) is 11.6 Å². The van der Waals surface area contributed by atoms with Crippen LogP contribution in [-0.2, 0) is 4.79 Å². The van der Waals surface area contributed by atoms with E-state index >= 15 is 0 Å². The highest BCUT2D eigenvalue weighted by Gasteiger charge is 2.51. The van der Waals surface area contributed by atoms with Crippen molar-refractivity contribution in [3.8, 4) is 0 Å². The fourth-order valence-corrected chi connectivity index (χ4v) is 4.72. The van der Waals surface area contributed by atoms with Crippen LogP contribution in [0.2, 0.25) is 0 Å². The standard InChI is InChI=1S/C16H22N2OS/c1-16(2)8-11-15(12(19)9-16)13(20-3)10-18(11)14-6-4-5-7-17-14/h4-7,11,13,15H,8-10H2,1-3H3. The minimum absolute atomic E-state index is 0.110. The lowest BCUT2D eigenvalue weighted by Crippen LogP contribution is -2.45. The first-order chi connectivity index (χ1) is 9.52. The van der Waals surface area contributed by atoms with Crippen LogP contribution < -0.4 is 4.90 Å². The van der Waals surface area contributed by atoms with Crippen molar-refractivity contribution in [1.29, 1.82) is 0 Å². The third kappa shape index (κ3) is 2.34. The average molecular weight is 290 g/mol. The van der Waals surface area contributed by atoms with E-state index in [1.807, 2.05) is 30.1 Å². The van der Waals surface area contributed by atoms with Crippen LogP contribution in [0.25, 0.3) is 0 Å². The fraction of sp³-hybridized carbons (Fsp3) is 0.625. The van der Waals surface area contributed by atoms with Gasteiger partial charge in [-0.2, -0.15) is 11.8 Å². The molecular formula is C16H22N2OS. The first kappa shape index (κ1) is 13.9. The zero-order valence-electron chi connectivity index (χ0n) is 12.4. The van der Waals surface area contributed by atoms with E-state index in [0.717, 1.165) is 25.2 Å². The smallest absolute Gasteiger partial charge is 0.139 e. The number of ketones is 1. The Morgan fingerprint density at radius 3 is 2.85 bits per heavy atom. The minimum atomic E-state index is 0.110. The van der Waals surface area contributed by atoms with Gasteiger partial charge < -0.3 is 4.90 Å². The molecule has 1 aromatic heterocycles. The molecule has 0 N–H and O–H groups in total. The van der Waals surface area contributed by atoms with Crippen LogP contribution in [0.1, 0.15) is 26.7 Å². The summed E-state index contributed by atoms with van der Waals surface area (Å²) in [4.78, 5) is 19.4. The lowest BCUT2D eigenvalue weighted by atomic mass is 9.70. The summed E-state index contributed by atoms with van der Waals surface area (Å²) < 4.78 is 0. The predicted molar refractivity (Wildman–Crippen MR) is 84.2 cm³/mol. The molecule has 0 aromatic carbocycles. The van der Waals surface area contributed by atoms with E-state index in [0.29, 0.717) is 17.1 Å². The molecule has 0 radical (unpaired) electrons.